The van der Waals surface area contributed by atoms with Crippen molar-refractivity contribution in [1.29, 1.82) is 0 Å². The summed E-state index contributed by atoms with van der Waals surface area (Å²) in [5.74, 6) is -0.808. The minimum Gasteiger partial charge on any atom is -0.315 e. The zero-order chi connectivity index (χ0) is 21.5. The quantitative estimate of drug-likeness (QED) is 0.464. The van der Waals surface area contributed by atoms with Gasteiger partial charge in [-0.3, -0.25) is 14.5 Å². The van der Waals surface area contributed by atoms with Crippen LogP contribution in [0.25, 0.3) is 0 Å². The Morgan fingerprint density at radius 2 is 1.73 bits per heavy atom. The van der Waals surface area contributed by atoms with E-state index in [4.69, 9.17) is 11.6 Å². The molecule has 0 spiro atoms. The number of nitrogens with zero attached hydrogens (tertiary/aromatic N) is 1. The second kappa shape index (κ2) is 7.70. The van der Waals surface area contributed by atoms with E-state index in [2.05, 4.69) is 5.32 Å². The van der Waals surface area contributed by atoms with Gasteiger partial charge in [-0.1, -0.05) is 60.1 Å². The molecule has 1 saturated heterocycles. The lowest BCUT2D eigenvalue weighted by Gasteiger charge is -2.28. The molecule has 0 radical (unpaired) electrons. The van der Waals surface area contributed by atoms with E-state index in [0.717, 1.165) is 27.4 Å². The summed E-state index contributed by atoms with van der Waals surface area (Å²) in [5, 5.41) is 2.87. The van der Waals surface area contributed by atoms with Crippen molar-refractivity contribution in [3.8, 4) is 0 Å². The molecule has 3 amide bonds. The summed E-state index contributed by atoms with van der Waals surface area (Å²) >= 11 is 7.04. The molecule has 2 aromatic carbocycles. The normalized spacial score (nSPS) is 18.6. The average Bonchev–Trinajstić information content (AvgIpc) is 3.28. The number of benzene rings is 2. The fourth-order valence-electron chi connectivity index (χ4n) is 3.63. The molecule has 1 aromatic heterocycles. The molecule has 1 aliphatic heterocycles. The maximum absolute atomic E-state index is 13.7. The van der Waals surface area contributed by atoms with Crippen LogP contribution in [0.15, 0.2) is 60.7 Å². The van der Waals surface area contributed by atoms with Crippen LogP contribution in [-0.2, 0) is 10.3 Å². The van der Waals surface area contributed by atoms with Crippen LogP contribution in [-0.4, -0.2) is 29.2 Å². The van der Waals surface area contributed by atoms with Gasteiger partial charge in [0.15, 0.2) is 11.3 Å². The van der Waals surface area contributed by atoms with Gasteiger partial charge in [-0.15, -0.1) is 11.3 Å². The third-order valence-corrected chi connectivity index (χ3v) is 6.67. The van der Waals surface area contributed by atoms with E-state index in [9.17, 15) is 14.4 Å². The van der Waals surface area contributed by atoms with Crippen molar-refractivity contribution < 1.29 is 14.4 Å². The third kappa shape index (κ3) is 3.32. The summed E-state index contributed by atoms with van der Waals surface area (Å²) in [6.45, 7) is 3.60. The molecule has 0 bridgehead atoms. The summed E-state index contributed by atoms with van der Waals surface area (Å²) in [4.78, 5) is 40.6. The number of rotatable bonds is 5. The highest BCUT2D eigenvalue weighted by Crippen LogP contribution is 2.37. The van der Waals surface area contributed by atoms with Gasteiger partial charge in [-0.05, 0) is 48.2 Å². The number of nitrogens with one attached hydrogen (secondary N) is 1. The molecule has 0 saturated carbocycles. The van der Waals surface area contributed by atoms with Crippen molar-refractivity contribution in [2.75, 3.05) is 6.54 Å². The minimum atomic E-state index is -1.38. The van der Waals surface area contributed by atoms with Crippen LogP contribution in [0.5, 0.6) is 0 Å². The van der Waals surface area contributed by atoms with Crippen LogP contribution in [0, 0.1) is 13.8 Å². The average molecular weight is 439 g/mol. The van der Waals surface area contributed by atoms with E-state index in [0.29, 0.717) is 20.3 Å². The molecule has 7 heteroatoms. The van der Waals surface area contributed by atoms with E-state index in [-0.39, 0.29) is 12.3 Å². The third-order valence-electron chi connectivity index (χ3n) is 5.40. The van der Waals surface area contributed by atoms with Gasteiger partial charge in [0, 0.05) is 0 Å². The Kier molecular flexibility index (Phi) is 5.22. The number of Topliss-reactive ketones (excluding diaryl/α,β-unsaturated/α-hetero) is 1. The summed E-state index contributed by atoms with van der Waals surface area (Å²) in [5.41, 5.74) is 2.00. The van der Waals surface area contributed by atoms with E-state index >= 15 is 0 Å². The second-order valence-electron chi connectivity index (χ2n) is 7.26. The molecule has 4 rings (SSSR count). The molecule has 1 atom stereocenters. The Hall–Kier alpha value is -2.96. The largest absolute Gasteiger partial charge is 0.325 e. The van der Waals surface area contributed by atoms with Crippen LogP contribution >= 0.6 is 22.9 Å². The fraction of sp³-hybridized carbons (Fsp3) is 0.174. The summed E-state index contributed by atoms with van der Waals surface area (Å²) < 4.78 is 0.476. The van der Waals surface area contributed by atoms with Gasteiger partial charge in [-0.25, -0.2) is 4.79 Å². The smallest absolute Gasteiger partial charge is 0.315 e. The number of thiophene rings is 1. The zero-order valence-corrected chi connectivity index (χ0v) is 18.0. The maximum atomic E-state index is 13.7. The molecule has 1 fully saturated rings. The molecule has 3 aromatic rings. The lowest BCUT2D eigenvalue weighted by atomic mass is 9.81. The number of hydrogen-bond donors (Lipinski definition) is 1. The number of carbonyl (C=O) groups is 3. The van der Waals surface area contributed by atoms with Gasteiger partial charge in [0.2, 0.25) is 0 Å². The molecular weight excluding hydrogens is 420 g/mol. The van der Waals surface area contributed by atoms with Crippen LogP contribution in [0.3, 0.4) is 0 Å². The number of hydrogen-bond acceptors (Lipinski definition) is 4. The SMILES string of the molecule is Cc1ccc([C@]2(c3ccccc3)NC(=O)N(CC(=O)c3ccc(Cl)s3)C2=O)cc1C. The second-order valence-corrected chi connectivity index (χ2v) is 8.98. The van der Waals surface area contributed by atoms with Crippen molar-refractivity contribution in [2.45, 2.75) is 19.4 Å². The number of imide groups is 1. The monoisotopic (exact) mass is 438 g/mol. The molecule has 5 nitrogen and oxygen atoms in total. The van der Waals surface area contributed by atoms with Crippen molar-refractivity contribution in [3.63, 3.8) is 0 Å². The van der Waals surface area contributed by atoms with E-state index in [1.54, 1.807) is 24.3 Å². The number of amides is 3. The van der Waals surface area contributed by atoms with Gasteiger partial charge in [-0.2, -0.15) is 0 Å². The first-order valence-corrected chi connectivity index (χ1v) is 10.6. The van der Waals surface area contributed by atoms with Crippen LogP contribution in [0.4, 0.5) is 4.79 Å². The predicted molar refractivity (Wildman–Crippen MR) is 117 cm³/mol. The molecule has 152 valence electrons. The van der Waals surface area contributed by atoms with Crippen molar-refractivity contribution >= 4 is 40.7 Å². The van der Waals surface area contributed by atoms with Gasteiger partial charge in [0.1, 0.15) is 0 Å². The molecule has 1 aliphatic rings. The lowest BCUT2D eigenvalue weighted by molar-refractivity contribution is -0.129. The highest BCUT2D eigenvalue weighted by Gasteiger charge is 2.54. The topological polar surface area (TPSA) is 66.5 Å². The maximum Gasteiger partial charge on any atom is 0.325 e. The standard InChI is InChI=1S/C23H19ClN2O3S/c1-14-8-9-17(12-15(14)2)23(16-6-4-3-5-7-16)21(28)26(22(29)25-23)13-18(27)19-10-11-20(24)30-19/h3-12H,13H2,1-2H3,(H,25,29)/t23-/m0/s1. The molecule has 2 heterocycles. The fourth-order valence-corrected chi connectivity index (χ4v) is 4.60. The predicted octanol–water partition coefficient (Wildman–Crippen LogP) is 4.70. The highest BCUT2D eigenvalue weighted by molar-refractivity contribution is 7.18. The molecular formula is C23H19ClN2O3S. The zero-order valence-electron chi connectivity index (χ0n) is 16.4. The number of carbonyl (C=O) groups excluding carboxylic acids is 3. The number of ketones is 1. The Labute approximate surface area is 183 Å². The Balaban J connectivity index is 1.78. The molecule has 0 unspecified atom stereocenters. The first-order chi connectivity index (χ1) is 14.3. The summed E-state index contributed by atoms with van der Waals surface area (Å²) in [7, 11) is 0. The van der Waals surface area contributed by atoms with Crippen molar-refractivity contribution in [1.82, 2.24) is 10.2 Å². The Morgan fingerprint density at radius 1 is 1.00 bits per heavy atom. The molecule has 30 heavy (non-hydrogen) atoms. The van der Waals surface area contributed by atoms with E-state index in [1.165, 1.54) is 0 Å². The van der Waals surface area contributed by atoms with Crippen LogP contribution in [0.2, 0.25) is 4.34 Å². The van der Waals surface area contributed by atoms with Gasteiger partial charge >= 0.3 is 6.03 Å². The van der Waals surface area contributed by atoms with Crippen molar-refractivity contribution in [2.24, 2.45) is 0 Å². The first kappa shape index (κ1) is 20.3. The minimum absolute atomic E-state index is 0.334. The Morgan fingerprint density at radius 3 is 2.37 bits per heavy atom. The number of aryl methyl sites for hydroxylation is 2. The van der Waals surface area contributed by atoms with Gasteiger partial charge < -0.3 is 5.32 Å². The Bertz CT molecular complexity index is 1160. The first-order valence-electron chi connectivity index (χ1n) is 9.39. The van der Waals surface area contributed by atoms with E-state index in [1.807, 2.05) is 50.2 Å². The molecule has 1 N–H and O–H groups in total. The lowest BCUT2D eigenvalue weighted by Crippen LogP contribution is -2.45. The van der Waals surface area contributed by atoms with Crippen LogP contribution < -0.4 is 5.32 Å². The van der Waals surface area contributed by atoms with Gasteiger partial charge in [0.05, 0.1) is 15.8 Å². The number of halogens is 1. The van der Waals surface area contributed by atoms with E-state index < -0.39 is 17.5 Å². The highest BCUT2D eigenvalue weighted by atomic mass is 35.5. The number of urea groups is 1. The summed E-state index contributed by atoms with van der Waals surface area (Å²) in [6, 6.07) is 17.4. The van der Waals surface area contributed by atoms with Crippen molar-refractivity contribution in [3.05, 3.63) is 92.1 Å². The summed E-state index contributed by atoms with van der Waals surface area (Å²) in [6.07, 6.45) is 0. The van der Waals surface area contributed by atoms with Gasteiger partial charge in [0.25, 0.3) is 5.91 Å². The van der Waals surface area contributed by atoms with Crippen LogP contribution in [0.1, 0.15) is 31.9 Å². The molecule has 0 aliphatic carbocycles.